The van der Waals surface area contributed by atoms with Gasteiger partial charge >= 0.3 is 0 Å². The molecule has 1 heterocycles. The van der Waals surface area contributed by atoms with E-state index in [9.17, 15) is 4.79 Å². The van der Waals surface area contributed by atoms with Gasteiger partial charge in [0.1, 0.15) is 0 Å². The van der Waals surface area contributed by atoms with Gasteiger partial charge in [-0.15, -0.1) is 0 Å². The molecule has 2 aromatic rings. The van der Waals surface area contributed by atoms with Crippen molar-refractivity contribution in [2.24, 2.45) is 0 Å². The first-order chi connectivity index (χ1) is 12.6. The number of amides is 1. The lowest BCUT2D eigenvalue weighted by Gasteiger charge is -2.35. The fourth-order valence-corrected chi connectivity index (χ4v) is 4.58. The van der Waals surface area contributed by atoms with Crippen LogP contribution in [0.2, 0.25) is 0 Å². The molecule has 26 heavy (non-hydrogen) atoms. The average molecular weight is 348 g/mol. The Morgan fingerprint density at radius 1 is 1.08 bits per heavy atom. The quantitative estimate of drug-likeness (QED) is 0.840. The smallest absolute Gasteiger partial charge is 0.227 e. The van der Waals surface area contributed by atoms with Crippen LogP contribution < -0.4 is 0 Å². The highest BCUT2D eigenvalue weighted by molar-refractivity contribution is 5.79. The second-order valence-corrected chi connectivity index (χ2v) is 7.83. The molecule has 3 heteroatoms. The highest BCUT2D eigenvalue weighted by Gasteiger charge is 2.40. The number of fused-ring (bicyclic) bond motifs is 1. The minimum atomic E-state index is 0.169. The largest absolute Gasteiger partial charge is 0.337 e. The first-order valence-electron chi connectivity index (χ1n) is 9.76. The van der Waals surface area contributed by atoms with Crippen LogP contribution >= 0.6 is 0 Å². The molecule has 1 amide bonds. The van der Waals surface area contributed by atoms with Gasteiger partial charge in [-0.3, -0.25) is 9.69 Å². The first-order valence-corrected chi connectivity index (χ1v) is 9.76. The van der Waals surface area contributed by atoms with Crippen LogP contribution in [0.25, 0.3) is 0 Å². The zero-order chi connectivity index (χ0) is 18.1. The fourth-order valence-electron chi connectivity index (χ4n) is 4.58. The van der Waals surface area contributed by atoms with E-state index in [1.54, 1.807) is 0 Å². The molecule has 1 fully saturated rings. The Morgan fingerprint density at radius 2 is 1.77 bits per heavy atom. The highest BCUT2D eigenvalue weighted by atomic mass is 16.2. The molecule has 0 saturated carbocycles. The molecule has 1 aliphatic carbocycles. The Bertz CT molecular complexity index is 777. The topological polar surface area (TPSA) is 23.6 Å². The van der Waals surface area contributed by atoms with E-state index in [1.165, 1.54) is 29.5 Å². The van der Waals surface area contributed by atoms with Crippen LogP contribution in [0.3, 0.4) is 0 Å². The molecule has 4 rings (SSSR count). The second-order valence-electron chi connectivity index (χ2n) is 7.83. The zero-order valence-electron chi connectivity index (χ0n) is 15.8. The van der Waals surface area contributed by atoms with Crippen molar-refractivity contribution in [3.63, 3.8) is 0 Å². The second kappa shape index (κ2) is 7.24. The lowest BCUT2D eigenvalue weighted by molar-refractivity contribution is -0.132. The van der Waals surface area contributed by atoms with Crippen molar-refractivity contribution in [3.8, 4) is 0 Å². The van der Waals surface area contributed by atoms with Gasteiger partial charge in [0, 0.05) is 13.1 Å². The summed E-state index contributed by atoms with van der Waals surface area (Å²) in [5.41, 5.74) is 5.07. The molecule has 1 saturated heterocycles. The molecule has 0 N–H and O–H groups in total. The molecule has 2 aliphatic rings. The number of rotatable bonds is 4. The molecule has 0 spiro atoms. The summed E-state index contributed by atoms with van der Waals surface area (Å²) < 4.78 is 0. The maximum Gasteiger partial charge on any atom is 0.227 e. The molecule has 3 nitrogen and oxygen atoms in total. The highest BCUT2D eigenvalue weighted by Crippen LogP contribution is 2.39. The number of nitrogens with zero attached hydrogens (tertiary/aromatic N) is 2. The predicted octanol–water partition coefficient (Wildman–Crippen LogP) is 3.76. The van der Waals surface area contributed by atoms with Gasteiger partial charge in [0.05, 0.1) is 12.5 Å². The molecule has 2 aromatic carbocycles. The Balaban J connectivity index is 1.57. The summed E-state index contributed by atoms with van der Waals surface area (Å²) in [7, 11) is 1.99. The molecule has 136 valence electrons. The number of hydrogen-bond donors (Lipinski definition) is 0. The lowest BCUT2D eigenvalue weighted by Crippen LogP contribution is -2.44. The van der Waals surface area contributed by atoms with E-state index in [-0.39, 0.29) is 11.9 Å². The van der Waals surface area contributed by atoms with Gasteiger partial charge in [-0.2, -0.15) is 0 Å². The Hall–Kier alpha value is -2.13. The van der Waals surface area contributed by atoms with Gasteiger partial charge < -0.3 is 4.90 Å². The third-order valence-electron chi connectivity index (χ3n) is 6.06. The van der Waals surface area contributed by atoms with Crippen molar-refractivity contribution in [2.45, 2.75) is 44.7 Å². The number of benzene rings is 2. The van der Waals surface area contributed by atoms with E-state index in [0.717, 1.165) is 25.1 Å². The summed E-state index contributed by atoms with van der Waals surface area (Å²) in [5, 5.41) is 0. The van der Waals surface area contributed by atoms with Crippen molar-refractivity contribution in [1.29, 1.82) is 0 Å². The summed E-state index contributed by atoms with van der Waals surface area (Å²) >= 11 is 0. The summed E-state index contributed by atoms with van der Waals surface area (Å²) in [4.78, 5) is 17.7. The molecular weight excluding hydrogens is 320 g/mol. The first kappa shape index (κ1) is 17.3. The van der Waals surface area contributed by atoms with Crippen molar-refractivity contribution in [3.05, 3.63) is 70.8 Å². The number of likely N-dealkylation sites (N-methyl/N-ethyl adjacent to an activating group) is 1. The van der Waals surface area contributed by atoms with Gasteiger partial charge in [-0.25, -0.2) is 0 Å². The van der Waals surface area contributed by atoms with Crippen LogP contribution in [0.5, 0.6) is 0 Å². The Kier molecular flexibility index (Phi) is 4.82. The van der Waals surface area contributed by atoms with Gasteiger partial charge in [-0.1, -0.05) is 54.1 Å². The van der Waals surface area contributed by atoms with Crippen molar-refractivity contribution in [1.82, 2.24) is 9.80 Å². The van der Waals surface area contributed by atoms with Crippen molar-refractivity contribution >= 4 is 5.91 Å². The van der Waals surface area contributed by atoms with Crippen LogP contribution in [-0.2, 0) is 17.6 Å². The summed E-state index contributed by atoms with van der Waals surface area (Å²) in [6.45, 7) is 4.40. The van der Waals surface area contributed by atoms with E-state index in [4.69, 9.17) is 0 Å². The van der Waals surface area contributed by atoms with Crippen LogP contribution in [-0.4, -0.2) is 41.9 Å². The molecule has 0 bridgehead atoms. The molecule has 0 aromatic heterocycles. The van der Waals surface area contributed by atoms with Crippen molar-refractivity contribution in [2.75, 3.05) is 20.1 Å². The number of hydrogen-bond acceptors (Lipinski definition) is 2. The van der Waals surface area contributed by atoms with Crippen LogP contribution in [0.1, 0.15) is 41.1 Å². The third kappa shape index (κ3) is 3.28. The number of aryl methyl sites for hydroxylation is 1. The number of carbonyl (C=O) groups is 1. The Labute approximate surface area is 156 Å². The van der Waals surface area contributed by atoms with E-state index >= 15 is 0 Å². The standard InChI is InChI=1S/C23H28N2O/c1-17-9-11-18(12-10-17)15-22(26)24(2)23-20-8-4-3-7-19(20)16-21(23)25-13-5-6-14-25/h3-4,7-12,21,23H,5-6,13-16H2,1-2H3/t21-,23-/m1/s1. The predicted molar refractivity (Wildman–Crippen MR) is 105 cm³/mol. The Morgan fingerprint density at radius 3 is 2.50 bits per heavy atom. The van der Waals surface area contributed by atoms with E-state index in [1.807, 2.05) is 11.9 Å². The SMILES string of the molecule is Cc1ccc(CC(=O)N(C)[C@@H]2c3ccccc3C[C@H]2N2CCCC2)cc1. The fraction of sp³-hybridized carbons (Fsp3) is 0.435. The van der Waals surface area contributed by atoms with Crippen molar-refractivity contribution < 1.29 is 4.79 Å². The minimum absolute atomic E-state index is 0.169. The van der Waals surface area contributed by atoms with Gasteiger partial charge in [-0.05, 0) is 56.0 Å². The zero-order valence-corrected chi connectivity index (χ0v) is 15.8. The normalized spacial score (nSPS) is 22.4. The van der Waals surface area contributed by atoms with Crippen LogP contribution in [0.4, 0.5) is 0 Å². The molecule has 2 atom stereocenters. The lowest BCUT2D eigenvalue weighted by atomic mass is 10.0. The van der Waals surface area contributed by atoms with E-state index in [2.05, 4.69) is 60.4 Å². The van der Waals surface area contributed by atoms with E-state index < -0.39 is 0 Å². The summed E-state index contributed by atoms with van der Waals surface area (Å²) in [6, 6.07) is 17.6. The van der Waals surface area contributed by atoms with Gasteiger partial charge in [0.2, 0.25) is 5.91 Å². The molecular formula is C23H28N2O. The third-order valence-corrected chi connectivity index (χ3v) is 6.06. The van der Waals surface area contributed by atoms with Crippen LogP contribution in [0.15, 0.2) is 48.5 Å². The van der Waals surface area contributed by atoms with Gasteiger partial charge in [0.25, 0.3) is 0 Å². The average Bonchev–Trinajstić information content (AvgIpc) is 3.30. The van der Waals surface area contributed by atoms with Gasteiger partial charge in [0.15, 0.2) is 0 Å². The maximum absolute atomic E-state index is 13.1. The summed E-state index contributed by atoms with van der Waals surface area (Å²) in [5.74, 6) is 0.208. The maximum atomic E-state index is 13.1. The number of likely N-dealkylation sites (tertiary alicyclic amines) is 1. The monoisotopic (exact) mass is 348 g/mol. The molecule has 0 radical (unpaired) electrons. The minimum Gasteiger partial charge on any atom is -0.337 e. The molecule has 0 unspecified atom stereocenters. The number of carbonyl (C=O) groups excluding carboxylic acids is 1. The summed E-state index contributed by atoms with van der Waals surface area (Å²) in [6.07, 6.45) is 4.09. The van der Waals surface area contributed by atoms with Crippen LogP contribution in [0, 0.1) is 6.92 Å². The molecule has 1 aliphatic heterocycles. The van der Waals surface area contributed by atoms with E-state index in [0.29, 0.717) is 12.5 Å².